The van der Waals surface area contributed by atoms with Crippen LogP contribution in [-0.2, 0) is 5.88 Å². The summed E-state index contributed by atoms with van der Waals surface area (Å²) in [6, 6.07) is 2.05. The van der Waals surface area contributed by atoms with Crippen molar-refractivity contribution in [2.75, 3.05) is 18.0 Å². The van der Waals surface area contributed by atoms with Gasteiger partial charge >= 0.3 is 0 Å². The monoisotopic (exact) mass is 226 g/mol. The van der Waals surface area contributed by atoms with E-state index in [2.05, 4.69) is 29.8 Å². The topological polar surface area (TPSA) is 16.1 Å². The smallest absolute Gasteiger partial charge is 0.0509 e. The molecule has 0 radical (unpaired) electrons. The molecule has 84 valence electrons. The Labute approximate surface area is 97.3 Å². The second-order valence-electron chi connectivity index (χ2n) is 3.57. The number of nitrogens with zero attached hydrogens (tertiary/aromatic N) is 2. The summed E-state index contributed by atoms with van der Waals surface area (Å²) in [7, 11) is 0. The van der Waals surface area contributed by atoms with Gasteiger partial charge in [0.25, 0.3) is 0 Å². The maximum absolute atomic E-state index is 5.90. The Bertz CT molecular complexity index is 289. The zero-order valence-electron chi connectivity index (χ0n) is 9.54. The molecule has 0 bridgehead atoms. The minimum atomic E-state index is 0.534. The lowest BCUT2D eigenvalue weighted by atomic mass is 10.2. The van der Waals surface area contributed by atoms with Gasteiger partial charge in [0.15, 0.2) is 0 Å². The summed E-state index contributed by atoms with van der Waals surface area (Å²) in [5, 5.41) is 0. The molecule has 1 aromatic rings. The third kappa shape index (κ3) is 3.38. The van der Waals surface area contributed by atoms with Crippen molar-refractivity contribution in [3.8, 4) is 0 Å². The van der Waals surface area contributed by atoms with E-state index in [9.17, 15) is 0 Å². The lowest BCUT2D eigenvalue weighted by Gasteiger charge is -2.24. The molecule has 0 aliphatic heterocycles. The van der Waals surface area contributed by atoms with Crippen LogP contribution in [0.2, 0.25) is 0 Å². The van der Waals surface area contributed by atoms with Gasteiger partial charge in [-0.2, -0.15) is 0 Å². The first-order valence-corrected chi connectivity index (χ1v) is 6.10. The van der Waals surface area contributed by atoms with Crippen molar-refractivity contribution in [1.29, 1.82) is 0 Å². The highest BCUT2D eigenvalue weighted by Gasteiger charge is 2.07. The van der Waals surface area contributed by atoms with Gasteiger partial charge in [-0.1, -0.05) is 13.3 Å². The minimum absolute atomic E-state index is 0.534. The van der Waals surface area contributed by atoms with Gasteiger partial charge in [0.2, 0.25) is 0 Å². The SMILES string of the molecule is CCCCN(CC)c1ccncc1CCl. The number of aromatic nitrogens is 1. The number of alkyl halides is 1. The van der Waals surface area contributed by atoms with Crippen LogP contribution in [0.4, 0.5) is 5.69 Å². The molecule has 1 aromatic heterocycles. The molecule has 1 rings (SSSR count). The molecule has 0 aliphatic rings. The molecule has 0 amide bonds. The lowest BCUT2D eigenvalue weighted by Crippen LogP contribution is -2.24. The van der Waals surface area contributed by atoms with Gasteiger partial charge in [0.1, 0.15) is 0 Å². The standard InChI is InChI=1S/C12H19ClN2/c1-3-5-8-15(4-2)12-6-7-14-10-11(12)9-13/h6-7,10H,3-5,8-9H2,1-2H3. The highest BCUT2D eigenvalue weighted by Crippen LogP contribution is 2.21. The average molecular weight is 227 g/mol. The molecule has 1 heterocycles. The zero-order chi connectivity index (χ0) is 11.1. The predicted octanol–water partition coefficient (Wildman–Crippen LogP) is 3.45. The quantitative estimate of drug-likeness (QED) is 0.691. The number of pyridine rings is 1. The van der Waals surface area contributed by atoms with Gasteiger partial charge < -0.3 is 4.90 Å². The Hall–Kier alpha value is -0.760. The van der Waals surface area contributed by atoms with E-state index in [0.29, 0.717) is 5.88 Å². The van der Waals surface area contributed by atoms with Crippen molar-refractivity contribution in [3.05, 3.63) is 24.0 Å². The largest absolute Gasteiger partial charge is 0.371 e. The first-order valence-electron chi connectivity index (χ1n) is 5.57. The second kappa shape index (κ2) is 6.67. The highest BCUT2D eigenvalue weighted by molar-refractivity contribution is 6.17. The number of rotatable bonds is 6. The number of hydrogen-bond acceptors (Lipinski definition) is 2. The molecule has 0 saturated heterocycles. The van der Waals surface area contributed by atoms with Crippen LogP contribution in [0.15, 0.2) is 18.5 Å². The summed E-state index contributed by atoms with van der Waals surface area (Å²) in [5.74, 6) is 0.534. The van der Waals surface area contributed by atoms with Crippen LogP contribution in [0.25, 0.3) is 0 Å². The van der Waals surface area contributed by atoms with Crippen LogP contribution in [0.3, 0.4) is 0 Å². The third-order valence-electron chi connectivity index (χ3n) is 2.53. The fourth-order valence-electron chi connectivity index (χ4n) is 1.63. The molecular weight excluding hydrogens is 208 g/mol. The van der Waals surface area contributed by atoms with Gasteiger partial charge in [-0.3, -0.25) is 4.98 Å². The minimum Gasteiger partial charge on any atom is -0.371 e. The predicted molar refractivity (Wildman–Crippen MR) is 66.6 cm³/mol. The van der Waals surface area contributed by atoms with Gasteiger partial charge in [0.05, 0.1) is 5.88 Å². The van der Waals surface area contributed by atoms with Crippen LogP contribution in [0.5, 0.6) is 0 Å². The second-order valence-corrected chi connectivity index (χ2v) is 3.84. The van der Waals surface area contributed by atoms with E-state index in [4.69, 9.17) is 11.6 Å². The fraction of sp³-hybridized carbons (Fsp3) is 0.583. The molecular formula is C12H19ClN2. The lowest BCUT2D eigenvalue weighted by molar-refractivity contribution is 0.729. The van der Waals surface area contributed by atoms with Gasteiger partial charge in [-0.25, -0.2) is 0 Å². The summed E-state index contributed by atoms with van der Waals surface area (Å²) in [6.07, 6.45) is 6.13. The van der Waals surface area contributed by atoms with E-state index in [1.165, 1.54) is 18.5 Å². The summed E-state index contributed by atoms with van der Waals surface area (Å²) in [6.45, 7) is 6.51. The average Bonchev–Trinajstić information content (AvgIpc) is 2.30. The highest BCUT2D eigenvalue weighted by atomic mass is 35.5. The van der Waals surface area contributed by atoms with E-state index in [1.807, 2.05) is 12.4 Å². The first kappa shape index (κ1) is 12.3. The Morgan fingerprint density at radius 3 is 2.80 bits per heavy atom. The Balaban J connectivity index is 2.80. The van der Waals surface area contributed by atoms with Gasteiger partial charge in [-0.05, 0) is 19.4 Å². The van der Waals surface area contributed by atoms with Crippen LogP contribution < -0.4 is 4.90 Å². The van der Waals surface area contributed by atoms with Crippen LogP contribution in [0, 0.1) is 0 Å². The normalized spacial score (nSPS) is 10.3. The molecule has 0 saturated carbocycles. The van der Waals surface area contributed by atoms with Crippen LogP contribution in [-0.4, -0.2) is 18.1 Å². The molecule has 0 spiro atoms. The summed E-state index contributed by atoms with van der Waals surface area (Å²) < 4.78 is 0. The van der Waals surface area contributed by atoms with Crippen molar-refractivity contribution in [3.63, 3.8) is 0 Å². The molecule has 0 N–H and O–H groups in total. The maximum atomic E-state index is 5.90. The van der Waals surface area contributed by atoms with E-state index >= 15 is 0 Å². The molecule has 3 heteroatoms. The van der Waals surface area contributed by atoms with Crippen molar-refractivity contribution in [1.82, 2.24) is 4.98 Å². The van der Waals surface area contributed by atoms with Crippen molar-refractivity contribution in [2.45, 2.75) is 32.6 Å². The van der Waals surface area contributed by atoms with Crippen molar-refractivity contribution < 1.29 is 0 Å². The van der Waals surface area contributed by atoms with E-state index in [-0.39, 0.29) is 0 Å². The maximum Gasteiger partial charge on any atom is 0.0509 e. The number of halogens is 1. The Kier molecular flexibility index (Phi) is 5.48. The van der Waals surface area contributed by atoms with Crippen LogP contribution in [0.1, 0.15) is 32.3 Å². The Morgan fingerprint density at radius 1 is 1.40 bits per heavy atom. The zero-order valence-corrected chi connectivity index (χ0v) is 10.3. The van der Waals surface area contributed by atoms with E-state index < -0.39 is 0 Å². The first-order chi connectivity index (χ1) is 7.33. The molecule has 0 aromatic carbocycles. The third-order valence-corrected chi connectivity index (χ3v) is 2.81. The molecule has 0 unspecified atom stereocenters. The van der Waals surface area contributed by atoms with E-state index in [1.54, 1.807) is 0 Å². The molecule has 15 heavy (non-hydrogen) atoms. The number of unbranched alkanes of at least 4 members (excludes halogenated alkanes) is 1. The van der Waals surface area contributed by atoms with Crippen LogP contribution >= 0.6 is 11.6 Å². The van der Waals surface area contributed by atoms with Gasteiger partial charge in [0, 0.05) is 36.7 Å². The van der Waals surface area contributed by atoms with E-state index in [0.717, 1.165) is 18.7 Å². The molecule has 0 aliphatic carbocycles. The molecule has 0 atom stereocenters. The molecule has 2 nitrogen and oxygen atoms in total. The summed E-state index contributed by atoms with van der Waals surface area (Å²) in [4.78, 5) is 6.47. The van der Waals surface area contributed by atoms with Gasteiger partial charge in [-0.15, -0.1) is 11.6 Å². The summed E-state index contributed by atoms with van der Waals surface area (Å²) in [5.41, 5.74) is 2.35. The number of hydrogen-bond donors (Lipinski definition) is 0. The fourth-order valence-corrected chi connectivity index (χ4v) is 1.84. The van der Waals surface area contributed by atoms with Crippen molar-refractivity contribution >= 4 is 17.3 Å². The molecule has 0 fully saturated rings. The van der Waals surface area contributed by atoms with Crippen molar-refractivity contribution in [2.24, 2.45) is 0 Å². The number of anilines is 1. The summed E-state index contributed by atoms with van der Waals surface area (Å²) >= 11 is 5.90. The Morgan fingerprint density at radius 2 is 2.20 bits per heavy atom.